The van der Waals surface area contributed by atoms with Gasteiger partial charge in [-0.2, -0.15) is 13.2 Å². The Kier molecular flexibility index (Phi) is 9.80. The van der Waals surface area contributed by atoms with Crippen LogP contribution in [0, 0.1) is 11.8 Å². The van der Waals surface area contributed by atoms with Gasteiger partial charge in [-0.05, 0) is 79.8 Å². The second-order valence-electron chi connectivity index (χ2n) is 13.3. The summed E-state index contributed by atoms with van der Waals surface area (Å²) in [6, 6.07) is 12.4. The Morgan fingerprint density at radius 2 is 1.57 bits per heavy atom. The average molecular weight is 644 g/mol. The summed E-state index contributed by atoms with van der Waals surface area (Å²) in [6.45, 7) is 4.91. The van der Waals surface area contributed by atoms with Crippen LogP contribution in [0.5, 0.6) is 5.75 Å². The summed E-state index contributed by atoms with van der Waals surface area (Å²) in [7, 11) is 1.64. The lowest BCUT2D eigenvalue weighted by Crippen LogP contribution is -2.44. The summed E-state index contributed by atoms with van der Waals surface area (Å²) >= 11 is 0. The first kappa shape index (κ1) is 32.6. The number of piperidine rings is 2. The standard InChI is InChI=1S/C35H44F3N3O5/c1-45-28-5-2-23(3-6-28)30-21-41(27-12-18-46-19-13-27)22-31(30)33(42)40-16-8-24(9-17-40)29-7-4-26(35(36,37)38)20-32(29)39-14-10-25(11-15-39)34(43)44/h2-7,20,24-25,27,30-31H,8-19,21-22H2,1H3,(H,43,44)/t30-,31+/m0/s1. The molecule has 2 aromatic carbocycles. The van der Waals surface area contributed by atoms with Crippen LogP contribution in [0.25, 0.3) is 0 Å². The predicted molar refractivity (Wildman–Crippen MR) is 167 cm³/mol. The van der Waals surface area contributed by atoms with Crippen LogP contribution in [0.2, 0.25) is 0 Å². The number of carbonyl (C=O) groups is 2. The van der Waals surface area contributed by atoms with Gasteiger partial charge in [0.15, 0.2) is 0 Å². The van der Waals surface area contributed by atoms with Crippen molar-refractivity contribution < 1.29 is 37.3 Å². The lowest BCUT2D eigenvalue weighted by Gasteiger charge is -2.38. The quantitative estimate of drug-likeness (QED) is 0.420. The van der Waals surface area contributed by atoms with E-state index >= 15 is 0 Å². The number of ether oxygens (including phenoxy) is 2. The Balaban J connectivity index is 1.17. The van der Waals surface area contributed by atoms with Gasteiger partial charge in [0.05, 0.1) is 24.5 Å². The Morgan fingerprint density at radius 1 is 0.891 bits per heavy atom. The molecule has 8 nitrogen and oxygen atoms in total. The monoisotopic (exact) mass is 643 g/mol. The summed E-state index contributed by atoms with van der Waals surface area (Å²) in [6.07, 6.45) is -0.406. The third kappa shape index (κ3) is 7.00. The Bertz CT molecular complexity index is 1360. The van der Waals surface area contributed by atoms with Gasteiger partial charge in [0.1, 0.15) is 5.75 Å². The number of amides is 1. The molecule has 4 aliphatic heterocycles. The fraction of sp³-hybridized carbons (Fsp3) is 0.600. The van der Waals surface area contributed by atoms with Gasteiger partial charge in [0.2, 0.25) is 5.91 Å². The number of rotatable bonds is 7. The van der Waals surface area contributed by atoms with Crippen molar-refractivity contribution in [1.82, 2.24) is 9.80 Å². The zero-order valence-electron chi connectivity index (χ0n) is 26.4. The summed E-state index contributed by atoms with van der Waals surface area (Å²) in [5.74, 6) is -0.496. The highest BCUT2D eigenvalue weighted by molar-refractivity contribution is 5.81. The molecule has 4 saturated heterocycles. The molecule has 4 heterocycles. The fourth-order valence-electron chi connectivity index (χ4n) is 7.97. The van der Waals surface area contributed by atoms with Crippen LogP contribution >= 0.6 is 0 Å². The molecule has 0 aromatic heterocycles. The van der Waals surface area contributed by atoms with E-state index in [1.165, 1.54) is 6.07 Å². The molecule has 1 amide bonds. The van der Waals surface area contributed by atoms with Crippen molar-refractivity contribution in [1.29, 1.82) is 0 Å². The van der Waals surface area contributed by atoms with Crippen LogP contribution in [-0.2, 0) is 20.5 Å². The summed E-state index contributed by atoms with van der Waals surface area (Å²) in [4.78, 5) is 32.0. The lowest BCUT2D eigenvalue weighted by atomic mass is 9.84. The van der Waals surface area contributed by atoms with Crippen molar-refractivity contribution >= 4 is 17.6 Å². The molecular formula is C35H44F3N3O5. The molecule has 4 fully saturated rings. The molecule has 250 valence electrons. The Hall–Kier alpha value is -3.31. The maximum Gasteiger partial charge on any atom is 0.416 e. The van der Waals surface area contributed by atoms with Crippen molar-refractivity contribution in [3.63, 3.8) is 0 Å². The number of alkyl halides is 3. The highest BCUT2D eigenvalue weighted by Gasteiger charge is 2.43. The van der Waals surface area contributed by atoms with E-state index in [9.17, 15) is 27.9 Å². The zero-order valence-corrected chi connectivity index (χ0v) is 26.4. The van der Waals surface area contributed by atoms with E-state index in [-0.39, 0.29) is 23.7 Å². The van der Waals surface area contributed by atoms with E-state index in [4.69, 9.17) is 9.47 Å². The smallest absolute Gasteiger partial charge is 0.416 e. The Labute approximate surface area is 268 Å². The molecule has 11 heteroatoms. The summed E-state index contributed by atoms with van der Waals surface area (Å²) < 4.78 is 52.2. The zero-order chi connectivity index (χ0) is 32.4. The molecule has 46 heavy (non-hydrogen) atoms. The predicted octanol–water partition coefficient (Wildman–Crippen LogP) is 5.62. The van der Waals surface area contributed by atoms with Gasteiger partial charge in [0.25, 0.3) is 0 Å². The number of methoxy groups -OCH3 is 1. The summed E-state index contributed by atoms with van der Waals surface area (Å²) in [5, 5.41) is 9.42. The van der Waals surface area contributed by atoms with Crippen molar-refractivity contribution in [2.75, 3.05) is 64.5 Å². The first-order valence-electron chi connectivity index (χ1n) is 16.6. The number of nitrogens with zero attached hydrogens (tertiary/aromatic N) is 3. The number of aliphatic carboxylic acids is 1. The minimum atomic E-state index is -4.47. The minimum absolute atomic E-state index is 0.0123. The molecule has 0 unspecified atom stereocenters. The third-order valence-electron chi connectivity index (χ3n) is 10.7. The fourth-order valence-corrected chi connectivity index (χ4v) is 7.97. The minimum Gasteiger partial charge on any atom is -0.497 e. The molecular weight excluding hydrogens is 599 g/mol. The molecule has 0 aliphatic carbocycles. The number of halogens is 3. The van der Waals surface area contributed by atoms with Crippen LogP contribution in [0.15, 0.2) is 42.5 Å². The number of likely N-dealkylation sites (tertiary alicyclic amines) is 2. The highest BCUT2D eigenvalue weighted by Crippen LogP contribution is 2.42. The normalized spacial score (nSPS) is 24.3. The van der Waals surface area contributed by atoms with E-state index in [2.05, 4.69) is 17.0 Å². The van der Waals surface area contributed by atoms with E-state index in [0.717, 1.165) is 55.5 Å². The lowest BCUT2D eigenvalue weighted by molar-refractivity contribution is -0.142. The van der Waals surface area contributed by atoms with Gasteiger partial charge in [0, 0.05) is 70.1 Å². The number of carboxylic acids is 1. The van der Waals surface area contributed by atoms with Crippen molar-refractivity contribution in [2.24, 2.45) is 11.8 Å². The van der Waals surface area contributed by atoms with Crippen LogP contribution in [0.3, 0.4) is 0 Å². The largest absolute Gasteiger partial charge is 0.497 e. The van der Waals surface area contributed by atoms with E-state index in [1.54, 1.807) is 13.2 Å². The maximum absolute atomic E-state index is 14.2. The second-order valence-corrected chi connectivity index (χ2v) is 13.3. The van der Waals surface area contributed by atoms with Crippen LogP contribution in [-0.4, -0.2) is 92.4 Å². The van der Waals surface area contributed by atoms with Crippen molar-refractivity contribution in [3.8, 4) is 5.75 Å². The number of carbonyl (C=O) groups excluding carboxylic acids is 1. The van der Waals surface area contributed by atoms with Gasteiger partial charge < -0.3 is 24.4 Å². The molecule has 0 spiro atoms. The number of anilines is 1. The van der Waals surface area contributed by atoms with Gasteiger partial charge in [-0.25, -0.2) is 0 Å². The SMILES string of the molecule is COc1ccc([C@@H]2CN(C3CCOCC3)C[C@H]2C(=O)N2CCC(c3ccc(C(F)(F)F)cc3N3CCC(C(=O)O)CC3)CC2)cc1. The van der Waals surface area contributed by atoms with Gasteiger partial charge >= 0.3 is 12.1 Å². The van der Waals surface area contributed by atoms with Crippen LogP contribution < -0.4 is 9.64 Å². The molecule has 2 aromatic rings. The number of carboxylic acid groups (broad SMARTS) is 1. The molecule has 2 atom stereocenters. The Morgan fingerprint density at radius 3 is 2.17 bits per heavy atom. The second kappa shape index (κ2) is 13.8. The van der Waals surface area contributed by atoms with E-state index in [1.807, 2.05) is 21.9 Å². The highest BCUT2D eigenvalue weighted by atomic mass is 19.4. The molecule has 6 rings (SSSR count). The number of benzene rings is 2. The molecule has 1 N–H and O–H groups in total. The van der Waals surface area contributed by atoms with E-state index < -0.39 is 23.6 Å². The van der Waals surface area contributed by atoms with Crippen LogP contribution in [0.1, 0.15) is 67.1 Å². The number of hydrogen-bond donors (Lipinski definition) is 1. The van der Waals surface area contributed by atoms with Crippen molar-refractivity contribution in [3.05, 3.63) is 59.2 Å². The van der Waals surface area contributed by atoms with Gasteiger partial charge in [-0.1, -0.05) is 18.2 Å². The molecule has 0 radical (unpaired) electrons. The first-order chi connectivity index (χ1) is 22.1. The topological polar surface area (TPSA) is 82.6 Å². The summed E-state index contributed by atoms with van der Waals surface area (Å²) in [5.41, 5.74) is 1.84. The van der Waals surface area contributed by atoms with Gasteiger partial charge in [-0.3, -0.25) is 14.5 Å². The van der Waals surface area contributed by atoms with Gasteiger partial charge in [-0.15, -0.1) is 0 Å². The molecule has 0 saturated carbocycles. The average Bonchev–Trinajstić information content (AvgIpc) is 3.53. The molecule has 0 bridgehead atoms. The van der Waals surface area contributed by atoms with Crippen LogP contribution in [0.4, 0.5) is 18.9 Å². The number of hydrogen-bond acceptors (Lipinski definition) is 6. The first-order valence-corrected chi connectivity index (χ1v) is 16.6. The van der Waals surface area contributed by atoms with E-state index in [0.29, 0.717) is 70.1 Å². The molecule has 4 aliphatic rings. The third-order valence-corrected chi connectivity index (χ3v) is 10.7. The van der Waals surface area contributed by atoms with Crippen molar-refractivity contribution in [2.45, 2.75) is 62.6 Å². The maximum atomic E-state index is 14.2.